The van der Waals surface area contributed by atoms with Gasteiger partial charge in [0.25, 0.3) is 5.91 Å². The smallest absolute Gasteiger partial charge is 0.425 e. The lowest BCUT2D eigenvalue weighted by atomic mass is 9.85. The number of carbonyl (C=O) groups excluding carboxylic acids is 2. The summed E-state index contributed by atoms with van der Waals surface area (Å²) in [5, 5.41) is 9.01. The molecule has 0 aromatic carbocycles. The highest BCUT2D eigenvalue weighted by Gasteiger charge is 2.47. The number of carbonyl (C=O) groups is 3. The molecule has 2 saturated heterocycles. The van der Waals surface area contributed by atoms with Crippen molar-refractivity contribution in [1.29, 1.82) is 0 Å². The normalized spacial score (nSPS) is 21.4. The van der Waals surface area contributed by atoms with Crippen molar-refractivity contribution in [2.24, 2.45) is 0 Å². The molecule has 0 radical (unpaired) electrons. The minimum Gasteiger partial charge on any atom is -0.480 e. The number of fused-ring (bicyclic) bond motifs is 1. The molecular formula is C21H28F3N5O5. The van der Waals surface area contributed by atoms with Crippen LogP contribution in [0.15, 0.2) is 6.20 Å². The van der Waals surface area contributed by atoms with Crippen LogP contribution < -0.4 is 0 Å². The van der Waals surface area contributed by atoms with Gasteiger partial charge in [-0.3, -0.25) is 14.5 Å². The molecule has 1 unspecified atom stereocenters. The monoisotopic (exact) mass is 487 g/mol. The van der Waals surface area contributed by atoms with Crippen molar-refractivity contribution >= 4 is 18.0 Å². The van der Waals surface area contributed by atoms with Crippen molar-refractivity contribution in [3.8, 4) is 0 Å². The lowest BCUT2D eigenvalue weighted by Crippen LogP contribution is -2.55. The van der Waals surface area contributed by atoms with Crippen molar-refractivity contribution in [2.45, 2.75) is 63.5 Å². The number of aliphatic carboxylic acids is 1. The van der Waals surface area contributed by atoms with Gasteiger partial charge in [0.15, 0.2) is 6.10 Å². The highest BCUT2D eigenvalue weighted by Crippen LogP contribution is 2.39. The molecule has 13 heteroatoms. The predicted octanol–water partition coefficient (Wildman–Crippen LogP) is 1.94. The maximum absolute atomic E-state index is 13.4. The number of piperidine rings is 1. The number of rotatable bonds is 4. The molecule has 4 rings (SSSR count). The zero-order valence-electron chi connectivity index (χ0n) is 18.9. The Morgan fingerprint density at radius 2 is 1.85 bits per heavy atom. The molecule has 1 N–H and O–H groups in total. The standard InChI is InChI=1S/C21H28F3N5O5/c1-14(21(22,23)24)34-19(33)27-7-4-20(5-8-27)3-2-6-29(20)18(32)15-11-28-10-9-26(13-17(30)31)12-16(28)25-15/h11,14H,2-10,12-13H2,1H3,(H,30,31). The average Bonchev–Trinajstić information content (AvgIpc) is 3.36. The number of amides is 2. The zero-order chi connectivity index (χ0) is 24.7. The summed E-state index contributed by atoms with van der Waals surface area (Å²) >= 11 is 0. The van der Waals surface area contributed by atoms with Crippen molar-refractivity contribution in [3.05, 3.63) is 17.7 Å². The first-order valence-corrected chi connectivity index (χ1v) is 11.3. The lowest BCUT2D eigenvalue weighted by Gasteiger charge is -2.44. The summed E-state index contributed by atoms with van der Waals surface area (Å²) in [6.07, 6.45) is -3.64. The average molecular weight is 487 g/mol. The number of imidazole rings is 1. The van der Waals surface area contributed by atoms with E-state index in [0.29, 0.717) is 50.5 Å². The van der Waals surface area contributed by atoms with Gasteiger partial charge in [-0.2, -0.15) is 13.2 Å². The van der Waals surface area contributed by atoms with Gasteiger partial charge in [0.05, 0.1) is 13.1 Å². The molecule has 34 heavy (non-hydrogen) atoms. The Balaban J connectivity index is 1.40. The number of alkyl halides is 3. The molecule has 4 heterocycles. The molecule has 0 bridgehead atoms. The molecule has 10 nitrogen and oxygen atoms in total. The molecule has 0 saturated carbocycles. The quantitative estimate of drug-likeness (QED) is 0.692. The first-order valence-electron chi connectivity index (χ1n) is 11.3. The third-order valence-corrected chi connectivity index (χ3v) is 6.99. The SMILES string of the molecule is CC(OC(=O)N1CCC2(CCCN2C(=O)c2cn3c(n2)CN(CC(=O)O)CC3)CC1)C(F)(F)F. The van der Waals surface area contributed by atoms with Crippen LogP contribution in [0.1, 0.15) is 48.9 Å². The molecule has 2 amide bonds. The molecule has 1 aromatic heterocycles. The van der Waals surface area contributed by atoms with Crippen LogP contribution >= 0.6 is 0 Å². The fourth-order valence-corrected chi connectivity index (χ4v) is 5.04. The van der Waals surface area contributed by atoms with Crippen molar-refractivity contribution in [2.75, 3.05) is 32.7 Å². The molecule has 1 spiro atoms. The lowest BCUT2D eigenvalue weighted by molar-refractivity contribution is -0.200. The second kappa shape index (κ2) is 9.08. The van der Waals surface area contributed by atoms with E-state index in [1.807, 2.05) is 4.57 Å². The molecule has 1 aromatic rings. The molecular weight excluding hydrogens is 459 g/mol. The maximum Gasteiger partial charge on any atom is 0.425 e. The molecule has 0 aliphatic carbocycles. The Labute approximate surface area is 194 Å². The summed E-state index contributed by atoms with van der Waals surface area (Å²) in [6.45, 7) is 3.10. The second-order valence-electron chi connectivity index (χ2n) is 9.18. The van der Waals surface area contributed by atoms with E-state index in [1.54, 1.807) is 16.0 Å². The van der Waals surface area contributed by atoms with E-state index in [2.05, 4.69) is 9.72 Å². The van der Waals surface area contributed by atoms with Crippen molar-refractivity contribution in [3.63, 3.8) is 0 Å². The van der Waals surface area contributed by atoms with E-state index in [0.717, 1.165) is 19.8 Å². The van der Waals surface area contributed by atoms with E-state index < -0.39 is 29.9 Å². The summed E-state index contributed by atoms with van der Waals surface area (Å²) in [4.78, 5) is 45.8. The third-order valence-electron chi connectivity index (χ3n) is 6.99. The van der Waals surface area contributed by atoms with Crippen molar-refractivity contribution in [1.82, 2.24) is 24.3 Å². The van der Waals surface area contributed by atoms with Gasteiger partial charge in [-0.1, -0.05) is 0 Å². The molecule has 1 atom stereocenters. The van der Waals surface area contributed by atoms with Crippen LogP contribution in [-0.2, 0) is 22.6 Å². The summed E-state index contributed by atoms with van der Waals surface area (Å²) < 4.78 is 44.5. The number of nitrogens with zero attached hydrogens (tertiary/aromatic N) is 5. The second-order valence-corrected chi connectivity index (χ2v) is 9.18. The Bertz CT molecular complexity index is 957. The number of likely N-dealkylation sites (tertiary alicyclic amines) is 2. The summed E-state index contributed by atoms with van der Waals surface area (Å²) in [5.41, 5.74) is -0.169. The Kier molecular flexibility index (Phi) is 6.49. The van der Waals surface area contributed by atoms with Gasteiger partial charge >= 0.3 is 18.2 Å². The first kappa shape index (κ1) is 24.3. The van der Waals surface area contributed by atoms with Crippen LogP contribution in [0.2, 0.25) is 0 Å². The number of hydrogen-bond donors (Lipinski definition) is 1. The fourth-order valence-electron chi connectivity index (χ4n) is 5.04. The first-order chi connectivity index (χ1) is 16.0. The van der Waals surface area contributed by atoms with Gasteiger partial charge in [0.2, 0.25) is 0 Å². The van der Waals surface area contributed by atoms with Gasteiger partial charge in [-0.25, -0.2) is 9.78 Å². The molecule has 3 aliphatic rings. The van der Waals surface area contributed by atoms with Crippen LogP contribution in [-0.4, -0.2) is 97.9 Å². The van der Waals surface area contributed by atoms with Gasteiger partial charge in [-0.05, 0) is 32.6 Å². The molecule has 188 valence electrons. The number of carboxylic acids is 1. The summed E-state index contributed by atoms with van der Waals surface area (Å²) in [5.74, 6) is -0.496. The topological polar surface area (TPSA) is 108 Å². The largest absolute Gasteiger partial charge is 0.480 e. The van der Waals surface area contributed by atoms with Crippen LogP contribution in [0.5, 0.6) is 0 Å². The highest BCUT2D eigenvalue weighted by molar-refractivity contribution is 5.93. The third kappa shape index (κ3) is 4.84. The van der Waals surface area contributed by atoms with Gasteiger partial charge < -0.3 is 24.2 Å². The molecule has 2 fully saturated rings. The zero-order valence-corrected chi connectivity index (χ0v) is 18.9. The summed E-state index contributed by atoms with van der Waals surface area (Å²) in [7, 11) is 0. The van der Waals surface area contributed by atoms with Gasteiger partial charge in [0.1, 0.15) is 11.5 Å². The van der Waals surface area contributed by atoms with Crippen molar-refractivity contribution < 1.29 is 37.4 Å². The Morgan fingerprint density at radius 3 is 2.50 bits per heavy atom. The van der Waals surface area contributed by atoms with Crippen LogP contribution in [0.25, 0.3) is 0 Å². The van der Waals surface area contributed by atoms with Gasteiger partial charge in [0, 0.05) is 44.5 Å². The van der Waals surface area contributed by atoms with E-state index in [1.165, 1.54) is 4.90 Å². The Hall–Kier alpha value is -2.83. The number of ether oxygens (including phenoxy) is 1. The minimum atomic E-state index is -4.62. The Morgan fingerprint density at radius 1 is 1.15 bits per heavy atom. The minimum absolute atomic E-state index is 0.0912. The van der Waals surface area contributed by atoms with Crippen LogP contribution in [0.3, 0.4) is 0 Å². The van der Waals surface area contributed by atoms with Crippen LogP contribution in [0.4, 0.5) is 18.0 Å². The number of hydrogen-bond acceptors (Lipinski definition) is 6. The maximum atomic E-state index is 13.4. The van der Waals surface area contributed by atoms with E-state index in [9.17, 15) is 27.6 Å². The highest BCUT2D eigenvalue weighted by atomic mass is 19.4. The summed E-state index contributed by atoms with van der Waals surface area (Å²) in [6, 6.07) is 0. The van der Waals surface area contributed by atoms with E-state index in [-0.39, 0.29) is 25.5 Å². The predicted molar refractivity (Wildman–Crippen MR) is 111 cm³/mol. The number of carboxylic acid groups (broad SMARTS) is 1. The number of aromatic nitrogens is 2. The molecule has 3 aliphatic heterocycles. The van der Waals surface area contributed by atoms with Gasteiger partial charge in [-0.15, -0.1) is 0 Å². The number of halogens is 3. The van der Waals surface area contributed by atoms with E-state index >= 15 is 0 Å². The van der Waals surface area contributed by atoms with Crippen LogP contribution in [0, 0.1) is 0 Å². The van der Waals surface area contributed by atoms with E-state index in [4.69, 9.17) is 5.11 Å². The fraction of sp³-hybridized carbons (Fsp3) is 0.714.